The van der Waals surface area contributed by atoms with Gasteiger partial charge in [0.25, 0.3) is 11.4 Å². The van der Waals surface area contributed by atoms with Gasteiger partial charge in [-0.25, -0.2) is 9.59 Å². The number of benzene rings is 4. The average molecular weight is 543 g/mol. The normalized spacial score (nSPS) is 10.5. The minimum absolute atomic E-state index is 0.0797. The zero-order chi connectivity index (χ0) is 28.8. The molecule has 0 aliphatic rings. The molecule has 0 aromatic heterocycles. The Morgan fingerprint density at radius 1 is 0.600 bits per heavy atom. The van der Waals surface area contributed by atoms with Crippen LogP contribution in [0.15, 0.2) is 84.9 Å². The van der Waals surface area contributed by atoms with Crippen LogP contribution in [0, 0.1) is 20.2 Å². The summed E-state index contributed by atoms with van der Waals surface area (Å²) in [6.07, 6.45) is 0. The highest BCUT2D eigenvalue weighted by Crippen LogP contribution is 2.32. The first-order valence-corrected chi connectivity index (χ1v) is 11.7. The van der Waals surface area contributed by atoms with E-state index in [0.29, 0.717) is 22.3 Å². The lowest BCUT2D eigenvalue weighted by molar-refractivity contribution is -0.385. The van der Waals surface area contributed by atoms with E-state index in [1.165, 1.54) is 60.7 Å². The minimum atomic E-state index is -0.734. The van der Waals surface area contributed by atoms with Crippen molar-refractivity contribution >= 4 is 34.7 Å². The number of anilines is 2. The quantitative estimate of drug-likeness (QED) is 0.125. The maximum absolute atomic E-state index is 13.1. The third kappa shape index (κ3) is 6.37. The molecule has 0 heterocycles. The van der Waals surface area contributed by atoms with E-state index in [9.17, 15) is 29.8 Å². The molecule has 0 aliphatic heterocycles. The lowest BCUT2D eigenvalue weighted by Gasteiger charge is -2.15. The topological polar surface area (TPSA) is 191 Å². The van der Waals surface area contributed by atoms with Crippen LogP contribution in [0.5, 0.6) is 0 Å². The van der Waals surface area contributed by atoms with E-state index in [0.717, 1.165) is 0 Å². The molecule has 0 fully saturated rings. The summed E-state index contributed by atoms with van der Waals surface area (Å²) in [6, 6.07) is 20.2. The Bertz CT molecular complexity index is 1480. The Balaban J connectivity index is 1.57. The largest absolute Gasteiger partial charge is 0.457 e. The Labute approximate surface area is 227 Å². The van der Waals surface area contributed by atoms with Crippen LogP contribution in [0.1, 0.15) is 31.8 Å². The summed E-state index contributed by atoms with van der Waals surface area (Å²) in [6.45, 7) is -0.312. The smallest absolute Gasteiger partial charge is 0.339 e. The van der Waals surface area contributed by atoms with Crippen molar-refractivity contribution in [1.29, 1.82) is 0 Å². The first kappa shape index (κ1) is 27.3. The molecule has 4 N–H and O–H groups in total. The maximum atomic E-state index is 13.1. The van der Waals surface area contributed by atoms with E-state index >= 15 is 0 Å². The summed E-state index contributed by atoms with van der Waals surface area (Å²) in [5.74, 6) is -1.47. The van der Waals surface area contributed by atoms with E-state index in [1.807, 2.05) is 0 Å². The number of rotatable bonds is 9. The Morgan fingerprint density at radius 2 is 0.950 bits per heavy atom. The number of hydrogen-bond donors (Lipinski definition) is 2. The van der Waals surface area contributed by atoms with Gasteiger partial charge in [0, 0.05) is 35.6 Å². The zero-order valence-corrected chi connectivity index (χ0v) is 20.8. The number of esters is 2. The number of carbonyl (C=O) groups is 2. The number of nitro benzene ring substituents is 2. The Morgan fingerprint density at radius 3 is 1.27 bits per heavy atom. The van der Waals surface area contributed by atoms with Crippen LogP contribution in [0.25, 0.3) is 11.1 Å². The van der Waals surface area contributed by atoms with Gasteiger partial charge in [0.1, 0.15) is 13.2 Å². The summed E-state index contributed by atoms with van der Waals surface area (Å²) in [5, 5.41) is 21.7. The monoisotopic (exact) mass is 542 g/mol. The second kappa shape index (κ2) is 11.7. The van der Waals surface area contributed by atoms with Gasteiger partial charge in [-0.3, -0.25) is 20.2 Å². The van der Waals surface area contributed by atoms with Crippen molar-refractivity contribution in [3.63, 3.8) is 0 Å². The van der Waals surface area contributed by atoms with Crippen molar-refractivity contribution in [3.8, 4) is 11.1 Å². The first-order chi connectivity index (χ1) is 19.1. The number of hydrogen-bond acceptors (Lipinski definition) is 10. The number of nitrogens with zero attached hydrogens (tertiary/aromatic N) is 2. The van der Waals surface area contributed by atoms with Crippen molar-refractivity contribution < 1.29 is 28.9 Å². The molecule has 4 rings (SSSR count). The van der Waals surface area contributed by atoms with Crippen LogP contribution < -0.4 is 11.5 Å². The molecule has 0 bridgehead atoms. The molecular weight excluding hydrogens is 520 g/mol. The molecule has 0 atom stereocenters. The predicted octanol–water partition coefficient (Wildman–Crippen LogP) is 5.05. The highest BCUT2D eigenvalue weighted by Gasteiger charge is 2.21. The van der Waals surface area contributed by atoms with Gasteiger partial charge >= 0.3 is 11.9 Å². The zero-order valence-electron chi connectivity index (χ0n) is 20.8. The van der Waals surface area contributed by atoms with E-state index in [1.54, 1.807) is 24.3 Å². The summed E-state index contributed by atoms with van der Waals surface area (Å²) in [5.41, 5.74) is 14.1. The number of carbonyl (C=O) groups excluding carboxylic acids is 2. The standard InChI is InChI=1S/C28H22N4O8/c29-19-5-11-23(25(13-19)27(33)39-15-17-1-7-21(8-2-17)31(35)36)24-12-6-20(30)14-26(24)28(34)40-16-18-3-9-22(10-4-18)32(37)38/h1-14H,15-16,29-30H2. The molecule has 0 saturated carbocycles. The van der Waals surface area contributed by atoms with Gasteiger partial charge in [-0.05, 0) is 70.8 Å². The number of nitrogens with two attached hydrogens (primary N) is 2. The summed E-state index contributed by atoms with van der Waals surface area (Å²) in [4.78, 5) is 46.8. The molecule has 0 aliphatic carbocycles. The molecule has 0 radical (unpaired) electrons. The number of ether oxygens (including phenoxy) is 2. The van der Waals surface area contributed by atoms with Crippen molar-refractivity contribution in [3.05, 3.63) is 127 Å². The molecule has 12 nitrogen and oxygen atoms in total. The minimum Gasteiger partial charge on any atom is -0.457 e. The van der Waals surface area contributed by atoms with Gasteiger partial charge in [0.05, 0.1) is 21.0 Å². The molecule has 0 saturated heterocycles. The lowest BCUT2D eigenvalue weighted by atomic mass is 9.94. The van der Waals surface area contributed by atoms with Gasteiger partial charge in [-0.15, -0.1) is 0 Å². The highest BCUT2D eigenvalue weighted by atomic mass is 16.6. The van der Waals surface area contributed by atoms with Crippen LogP contribution in [-0.4, -0.2) is 21.8 Å². The Kier molecular flexibility index (Phi) is 7.99. The molecule has 0 amide bonds. The number of non-ortho nitro benzene ring substituents is 2. The fourth-order valence-corrected chi connectivity index (χ4v) is 3.81. The van der Waals surface area contributed by atoms with Gasteiger partial charge in [0.15, 0.2) is 0 Å². The van der Waals surface area contributed by atoms with Crippen LogP contribution in [0.3, 0.4) is 0 Å². The highest BCUT2D eigenvalue weighted by molar-refractivity contribution is 6.04. The van der Waals surface area contributed by atoms with Crippen molar-refractivity contribution in [2.24, 2.45) is 0 Å². The van der Waals surface area contributed by atoms with Gasteiger partial charge in [-0.1, -0.05) is 12.1 Å². The molecule has 4 aromatic carbocycles. The lowest BCUT2D eigenvalue weighted by Crippen LogP contribution is -2.11. The second-order valence-corrected chi connectivity index (χ2v) is 8.61. The third-order valence-corrected chi connectivity index (χ3v) is 5.85. The number of nitro groups is 2. The van der Waals surface area contributed by atoms with Crippen molar-refractivity contribution in [1.82, 2.24) is 0 Å². The van der Waals surface area contributed by atoms with Gasteiger partial charge in [-0.2, -0.15) is 0 Å². The molecule has 40 heavy (non-hydrogen) atoms. The second-order valence-electron chi connectivity index (χ2n) is 8.61. The number of nitrogen functional groups attached to an aromatic ring is 2. The van der Waals surface area contributed by atoms with Gasteiger partial charge in [0.2, 0.25) is 0 Å². The van der Waals surface area contributed by atoms with E-state index in [-0.39, 0.29) is 47.1 Å². The maximum Gasteiger partial charge on any atom is 0.339 e. The van der Waals surface area contributed by atoms with Crippen LogP contribution in [0.2, 0.25) is 0 Å². The molecule has 0 spiro atoms. The molecule has 202 valence electrons. The van der Waals surface area contributed by atoms with Crippen molar-refractivity contribution in [2.75, 3.05) is 11.5 Å². The molecule has 4 aromatic rings. The van der Waals surface area contributed by atoms with Crippen LogP contribution in [-0.2, 0) is 22.7 Å². The summed E-state index contributed by atoms with van der Waals surface area (Å²) >= 11 is 0. The summed E-state index contributed by atoms with van der Waals surface area (Å²) in [7, 11) is 0. The average Bonchev–Trinajstić information content (AvgIpc) is 2.95. The fourth-order valence-electron chi connectivity index (χ4n) is 3.81. The van der Waals surface area contributed by atoms with E-state index in [2.05, 4.69) is 0 Å². The third-order valence-electron chi connectivity index (χ3n) is 5.85. The predicted molar refractivity (Wildman–Crippen MR) is 145 cm³/mol. The molecule has 0 unspecified atom stereocenters. The SMILES string of the molecule is Nc1ccc(-c2ccc(N)cc2C(=O)OCc2ccc([N+](=O)[O-])cc2)c(C(=O)OCc2ccc([N+](=O)[O-])cc2)c1. The van der Waals surface area contributed by atoms with E-state index < -0.39 is 21.8 Å². The first-order valence-electron chi connectivity index (χ1n) is 11.7. The molecule has 12 heteroatoms. The van der Waals surface area contributed by atoms with Crippen LogP contribution in [0.4, 0.5) is 22.7 Å². The van der Waals surface area contributed by atoms with Crippen LogP contribution >= 0.6 is 0 Å². The molecular formula is C28H22N4O8. The fraction of sp³-hybridized carbons (Fsp3) is 0.0714. The van der Waals surface area contributed by atoms with E-state index in [4.69, 9.17) is 20.9 Å². The van der Waals surface area contributed by atoms with Crippen molar-refractivity contribution in [2.45, 2.75) is 13.2 Å². The Hall–Kier alpha value is -5.78. The summed E-state index contributed by atoms with van der Waals surface area (Å²) < 4.78 is 10.9. The van der Waals surface area contributed by atoms with Gasteiger partial charge < -0.3 is 20.9 Å².